The molecule has 0 saturated heterocycles. The number of hydrogen-bond donors (Lipinski definition) is 2. The Balaban J connectivity index is 2.57. The van der Waals surface area contributed by atoms with Crippen molar-refractivity contribution < 1.29 is 4.79 Å². The van der Waals surface area contributed by atoms with Gasteiger partial charge >= 0.3 is 0 Å². The Bertz CT molecular complexity index is 618. The quantitative estimate of drug-likeness (QED) is 0.810. The second-order valence-electron chi connectivity index (χ2n) is 4.44. The molecule has 96 valence electrons. The second-order valence-corrected chi connectivity index (χ2v) is 5.44. The van der Waals surface area contributed by atoms with Crippen LogP contribution in [0.25, 0.3) is 10.2 Å². The highest BCUT2D eigenvalue weighted by atomic mass is 32.1. The Morgan fingerprint density at radius 3 is 2.72 bits per heavy atom. The molecule has 5 nitrogen and oxygen atoms in total. The normalized spacial score (nSPS) is 11.2. The first-order valence-corrected chi connectivity index (χ1v) is 6.36. The number of nitrogen functional groups attached to an aromatic ring is 1. The lowest BCUT2D eigenvalue weighted by atomic mass is 10.1. The number of aromatic nitrogens is 1. The van der Waals surface area contributed by atoms with Crippen LogP contribution in [0.15, 0.2) is 6.07 Å². The van der Waals surface area contributed by atoms with Gasteiger partial charge in [-0.25, -0.2) is 9.99 Å². The van der Waals surface area contributed by atoms with Crippen LogP contribution in [0, 0.1) is 13.8 Å². The zero-order valence-corrected chi connectivity index (χ0v) is 11.7. The summed E-state index contributed by atoms with van der Waals surface area (Å²) < 4.78 is 0. The molecule has 2 heterocycles. The maximum Gasteiger partial charge on any atom is 0.277 e. The van der Waals surface area contributed by atoms with Gasteiger partial charge in [-0.1, -0.05) is 0 Å². The second kappa shape index (κ2) is 4.55. The van der Waals surface area contributed by atoms with E-state index in [2.05, 4.69) is 10.4 Å². The van der Waals surface area contributed by atoms with Crippen LogP contribution in [0.3, 0.4) is 0 Å². The summed E-state index contributed by atoms with van der Waals surface area (Å²) in [6.45, 7) is 3.91. The standard InChI is InChI=1S/C12H16N4OS/c1-6-5-7(2)14-12-8(6)9(13)10(18-12)11(17)15-16(3)4/h5H,13H2,1-4H3,(H,15,17). The molecule has 0 bridgehead atoms. The van der Waals surface area contributed by atoms with E-state index in [4.69, 9.17) is 5.73 Å². The van der Waals surface area contributed by atoms with Gasteiger partial charge in [0.1, 0.15) is 9.71 Å². The minimum atomic E-state index is -0.197. The van der Waals surface area contributed by atoms with Crippen LogP contribution in [0.2, 0.25) is 0 Å². The average molecular weight is 264 g/mol. The van der Waals surface area contributed by atoms with Crippen molar-refractivity contribution in [3.63, 3.8) is 0 Å². The maximum absolute atomic E-state index is 12.0. The molecule has 0 aromatic carbocycles. The summed E-state index contributed by atoms with van der Waals surface area (Å²) in [5.41, 5.74) is 11.2. The third-order valence-electron chi connectivity index (χ3n) is 2.56. The van der Waals surface area contributed by atoms with Gasteiger partial charge in [-0.3, -0.25) is 10.2 Å². The third-order valence-corrected chi connectivity index (χ3v) is 3.65. The van der Waals surface area contributed by atoms with Gasteiger partial charge in [0.2, 0.25) is 0 Å². The van der Waals surface area contributed by atoms with E-state index in [0.29, 0.717) is 10.6 Å². The van der Waals surface area contributed by atoms with Crippen LogP contribution in [-0.2, 0) is 0 Å². The lowest BCUT2D eigenvalue weighted by molar-refractivity contribution is 0.0862. The smallest absolute Gasteiger partial charge is 0.277 e. The molecule has 6 heteroatoms. The number of carbonyl (C=O) groups is 1. The first-order valence-electron chi connectivity index (χ1n) is 5.54. The predicted octanol–water partition coefficient (Wildman–Crippen LogP) is 1.70. The number of nitrogens with one attached hydrogen (secondary N) is 1. The highest BCUT2D eigenvalue weighted by molar-refractivity contribution is 7.21. The van der Waals surface area contributed by atoms with Crippen molar-refractivity contribution in [1.29, 1.82) is 0 Å². The van der Waals surface area contributed by atoms with E-state index in [1.54, 1.807) is 19.1 Å². The topological polar surface area (TPSA) is 71.2 Å². The summed E-state index contributed by atoms with van der Waals surface area (Å²) in [7, 11) is 3.52. The fraction of sp³-hybridized carbons (Fsp3) is 0.333. The first-order chi connectivity index (χ1) is 8.40. The molecule has 0 fully saturated rings. The summed E-state index contributed by atoms with van der Waals surface area (Å²) >= 11 is 1.33. The van der Waals surface area contributed by atoms with Crippen molar-refractivity contribution >= 4 is 33.1 Å². The molecule has 1 amide bonds. The average Bonchev–Trinajstić information content (AvgIpc) is 2.54. The molecule has 0 spiro atoms. The zero-order chi connectivity index (χ0) is 13.4. The van der Waals surface area contributed by atoms with Crippen molar-refractivity contribution in [2.75, 3.05) is 19.8 Å². The summed E-state index contributed by atoms with van der Waals surface area (Å²) in [6, 6.07) is 1.97. The molecule has 18 heavy (non-hydrogen) atoms. The molecule has 2 aromatic rings. The van der Waals surface area contributed by atoms with Crippen LogP contribution >= 0.6 is 11.3 Å². The summed E-state index contributed by atoms with van der Waals surface area (Å²) in [5, 5.41) is 2.48. The predicted molar refractivity (Wildman–Crippen MR) is 74.7 cm³/mol. The molecular weight excluding hydrogens is 248 g/mol. The summed E-state index contributed by atoms with van der Waals surface area (Å²) in [4.78, 5) is 17.7. The van der Waals surface area contributed by atoms with Crippen molar-refractivity contribution in [3.05, 3.63) is 22.2 Å². The van der Waals surface area contributed by atoms with E-state index in [0.717, 1.165) is 21.5 Å². The fourth-order valence-electron chi connectivity index (χ4n) is 1.89. The van der Waals surface area contributed by atoms with Crippen molar-refractivity contribution in [2.45, 2.75) is 13.8 Å². The molecular formula is C12H16N4OS. The largest absolute Gasteiger partial charge is 0.397 e. The van der Waals surface area contributed by atoms with Gasteiger partial charge in [-0.2, -0.15) is 0 Å². The van der Waals surface area contributed by atoms with Gasteiger partial charge in [0.05, 0.1) is 5.69 Å². The number of nitrogens with two attached hydrogens (primary N) is 1. The van der Waals surface area contributed by atoms with Crippen LogP contribution in [0.5, 0.6) is 0 Å². The van der Waals surface area contributed by atoms with Crippen molar-refractivity contribution in [3.8, 4) is 0 Å². The Morgan fingerprint density at radius 1 is 1.44 bits per heavy atom. The number of pyridine rings is 1. The van der Waals surface area contributed by atoms with E-state index in [1.807, 2.05) is 19.9 Å². The Morgan fingerprint density at radius 2 is 2.11 bits per heavy atom. The molecule has 0 aliphatic rings. The van der Waals surface area contributed by atoms with Gasteiger partial charge in [0, 0.05) is 25.2 Å². The van der Waals surface area contributed by atoms with Crippen molar-refractivity contribution in [2.24, 2.45) is 0 Å². The number of aryl methyl sites for hydroxylation is 2. The fourth-order valence-corrected chi connectivity index (χ4v) is 3.00. The lowest BCUT2D eigenvalue weighted by Gasteiger charge is -2.10. The number of hydrazine groups is 1. The molecule has 0 radical (unpaired) electrons. The van der Waals surface area contributed by atoms with E-state index in [-0.39, 0.29) is 5.91 Å². The number of thiophene rings is 1. The monoisotopic (exact) mass is 264 g/mol. The van der Waals surface area contributed by atoms with E-state index < -0.39 is 0 Å². The van der Waals surface area contributed by atoms with Gasteiger partial charge < -0.3 is 5.73 Å². The highest BCUT2D eigenvalue weighted by Crippen LogP contribution is 2.34. The van der Waals surface area contributed by atoms with E-state index in [9.17, 15) is 4.79 Å². The Labute approximate surface area is 110 Å². The van der Waals surface area contributed by atoms with E-state index >= 15 is 0 Å². The molecule has 2 aromatic heterocycles. The van der Waals surface area contributed by atoms with E-state index in [1.165, 1.54) is 11.3 Å². The van der Waals surface area contributed by atoms with Gasteiger partial charge in [-0.05, 0) is 25.5 Å². The van der Waals surface area contributed by atoms with Crippen LogP contribution in [0.1, 0.15) is 20.9 Å². The van der Waals surface area contributed by atoms with Crippen molar-refractivity contribution in [1.82, 2.24) is 15.4 Å². The molecule has 0 unspecified atom stereocenters. The minimum Gasteiger partial charge on any atom is -0.397 e. The number of rotatable bonds is 2. The molecule has 0 atom stereocenters. The molecule has 2 rings (SSSR count). The minimum absolute atomic E-state index is 0.197. The SMILES string of the molecule is Cc1cc(C)c2c(N)c(C(=O)NN(C)C)sc2n1. The zero-order valence-electron chi connectivity index (χ0n) is 10.9. The summed E-state index contributed by atoms with van der Waals surface area (Å²) in [5.74, 6) is -0.197. The van der Waals surface area contributed by atoms with Gasteiger partial charge in [-0.15, -0.1) is 11.3 Å². The first kappa shape index (κ1) is 12.8. The molecule has 0 saturated carbocycles. The molecule has 0 aliphatic carbocycles. The Kier molecular flexibility index (Phi) is 3.23. The summed E-state index contributed by atoms with van der Waals surface area (Å²) in [6.07, 6.45) is 0. The third kappa shape index (κ3) is 2.16. The van der Waals surface area contributed by atoms with Gasteiger partial charge in [0.15, 0.2) is 0 Å². The number of nitrogens with zero attached hydrogens (tertiary/aromatic N) is 2. The van der Waals surface area contributed by atoms with Crippen LogP contribution in [0.4, 0.5) is 5.69 Å². The number of carbonyl (C=O) groups excluding carboxylic acids is 1. The Hall–Kier alpha value is -1.66. The maximum atomic E-state index is 12.0. The number of hydrogen-bond acceptors (Lipinski definition) is 5. The molecule has 0 aliphatic heterocycles. The highest BCUT2D eigenvalue weighted by Gasteiger charge is 2.19. The molecule has 3 N–H and O–H groups in total. The number of fused-ring (bicyclic) bond motifs is 1. The van der Waals surface area contributed by atoms with Crippen LogP contribution < -0.4 is 11.2 Å². The number of amides is 1. The number of anilines is 1. The van der Waals surface area contributed by atoms with Crippen LogP contribution in [-0.4, -0.2) is 30.0 Å². The lowest BCUT2D eigenvalue weighted by Crippen LogP contribution is -2.35. The van der Waals surface area contributed by atoms with Gasteiger partial charge in [0.25, 0.3) is 5.91 Å².